The molecule has 0 saturated carbocycles. The molecular formula is C68H47N. The number of nitrogens with zero attached hydrogens (tertiary/aromatic N) is 1. The van der Waals surface area contributed by atoms with Crippen LogP contribution in [-0.4, -0.2) is 0 Å². The fourth-order valence-electron chi connectivity index (χ4n) is 9.97. The Balaban J connectivity index is 0.925. The lowest BCUT2D eigenvalue weighted by atomic mass is 9.90. The molecule has 0 heterocycles. The summed E-state index contributed by atoms with van der Waals surface area (Å²) < 4.78 is 0. The molecule has 0 saturated heterocycles. The first-order valence-electron chi connectivity index (χ1n) is 23.7. The second kappa shape index (κ2) is 18.3. The predicted molar refractivity (Wildman–Crippen MR) is 294 cm³/mol. The van der Waals surface area contributed by atoms with Gasteiger partial charge in [0.15, 0.2) is 0 Å². The molecule has 0 aliphatic heterocycles. The van der Waals surface area contributed by atoms with Gasteiger partial charge < -0.3 is 4.90 Å². The van der Waals surface area contributed by atoms with Crippen LogP contribution in [0, 0.1) is 0 Å². The molecule has 0 aliphatic carbocycles. The van der Waals surface area contributed by atoms with Crippen LogP contribution in [0.5, 0.6) is 0 Å². The minimum Gasteiger partial charge on any atom is -0.311 e. The number of benzene rings is 12. The SMILES string of the molecule is c1ccc(-c2ccc(-c3ccc(N(c4ccc(-c5cccc(-c6ccc7ccccc7c6)c5)cc4)c4ccc(-c5ccc6ccccc6c5-c5ccccc5)cc4)cc3)cc2-c2ccccc2)cc1. The number of hydrogen-bond donors (Lipinski definition) is 0. The Labute approximate surface area is 404 Å². The van der Waals surface area contributed by atoms with Crippen molar-refractivity contribution in [2.24, 2.45) is 0 Å². The standard InChI is InChI=1S/C68H47N/c1-4-16-51(17-5-1)64-43-36-60(47-67(64)52-18-6-2-7-19-52)50-31-39-62(40-32-50)69(61-37-29-49(30-38-61)57-24-14-25-58(45-57)59-28-27-48-15-10-11-23-56(48)46-59)63-41-33-54(34-42-63)66-44-35-53-20-12-13-26-65(53)68(66)55-21-8-3-9-22-55/h1-47H. The van der Waals surface area contributed by atoms with Crippen LogP contribution in [0.2, 0.25) is 0 Å². The van der Waals surface area contributed by atoms with E-state index in [1.165, 1.54) is 93.9 Å². The van der Waals surface area contributed by atoms with E-state index in [1.54, 1.807) is 0 Å². The van der Waals surface area contributed by atoms with Crippen LogP contribution in [0.25, 0.3) is 99.4 Å². The van der Waals surface area contributed by atoms with Crippen molar-refractivity contribution in [3.63, 3.8) is 0 Å². The largest absolute Gasteiger partial charge is 0.311 e. The van der Waals surface area contributed by atoms with E-state index in [2.05, 4.69) is 290 Å². The molecule has 12 aromatic rings. The maximum Gasteiger partial charge on any atom is 0.0462 e. The molecule has 0 fully saturated rings. The summed E-state index contributed by atoms with van der Waals surface area (Å²) in [7, 11) is 0. The topological polar surface area (TPSA) is 3.24 Å². The van der Waals surface area contributed by atoms with Gasteiger partial charge in [-0.1, -0.05) is 231 Å². The third-order valence-electron chi connectivity index (χ3n) is 13.5. The van der Waals surface area contributed by atoms with Crippen molar-refractivity contribution in [2.45, 2.75) is 0 Å². The highest BCUT2D eigenvalue weighted by Crippen LogP contribution is 2.42. The lowest BCUT2D eigenvalue weighted by Crippen LogP contribution is -2.09. The third kappa shape index (κ3) is 8.28. The van der Waals surface area contributed by atoms with E-state index in [0.717, 1.165) is 22.6 Å². The summed E-state index contributed by atoms with van der Waals surface area (Å²) in [6, 6.07) is 104. The summed E-state index contributed by atoms with van der Waals surface area (Å²) >= 11 is 0. The van der Waals surface area contributed by atoms with Gasteiger partial charge in [0.25, 0.3) is 0 Å². The number of anilines is 3. The van der Waals surface area contributed by atoms with Gasteiger partial charge in [0.1, 0.15) is 0 Å². The average Bonchev–Trinajstić information content (AvgIpc) is 3.44. The normalized spacial score (nSPS) is 11.2. The minimum atomic E-state index is 1.08. The second-order valence-electron chi connectivity index (χ2n) is 17.7. The first kappa shape index (κ1) is 41.4. The monoisotopic (exact) mass is 877 g/mol. The molecule has 0 aromatic heterocycles. The molecule has 1 nitrogen and oxygen atoms in total. The van der Waals surface area contributed by atoms with Gasteiger partial charge in [-0.05, 0) is 154 Å². The zero-order valence-corrected chi connectivity index (χ0v) is 38.1. The summed E-state index contributed by atoms with van der Waals surface area (Å²) in [6.45, 7) is 0. The Morgan fingerprint density at radius 3 is 1.20 bits per heavy atom. The first-order chi connectivity index (χ1) is 34.2. The van der Waals surface area contributed by atoms with Crippen LogP contribution < -0.4 is 4.90 Å². The molecule has 0 spiro atoms. The molecule has 12 rings (SSSR count). The Morgan fingerprint density at radius 1 is 0.188 bits per heavy atom. The van der Waals surface area contributed by atoms with E-state index in [9.17, 15) is 0 Å². The summed E-state index contributed by atoms with van der Waals surface area (Å²) in [5.41, 5.74) is 20.1. The van der Waals surface area contributed by atoms with Gasteiger partial charge in [-0.15, -0.1) is 0 Å². The van der Waals surface area contributed by atoms with Gasteiger partial charge in [-0.3, -0.25) is 0 Å². The Kier molecular flexibility index (Phi) is 11.0. The van der Waals surface area contributed by atoms with Crippen molar-refractivity contribution < 1.29 is 0 Å². The molecule has 0 atom stereocenters. The molecular weight excluding hydrogens is 831 g/mol. The van der Waals surface area contributed by atoms with E-state index in [4.69, 9.17) is 0 Å². The van der Waals surface area contributed by atoms with Crippen molar-refractivity contribution in [1.82, 2.24) is 0 Å². The predicted octanol–water partition coefficient (Wildman–Crippen LogP) is 19.1. The summed E-state index contributed by atoms with van der Waals surface area (Å²) in [5.74, 6) is 0. The van der Waals surface area contributed by atoms with E-state index in [1.807, 2.05) is 0 Å². The van der Waals surface area contributed by atoms with Crippen LogP contribution >= 0.6 is 0 Å². The Hall–Kier alpha value is -9.04. The molecule has 0 unspecified atom stereocenters. The number of hydrogen-bond acceptors (Lipinski definition) is 1. The highest BCUT2D eigenvalue weighted by atomic mass is 15.1. The average molecular weight is 878 g/mol. The maximum atomic E-state index is 2.37. The van der Waals surface area contributed by atoms with Crippen molar-refractivity contribution in [3.8, 4) is 77.9 Å². The van der Waals surface area contributed by atoms with Crippen molar-refractivity contribution in [1.29, 1.82) is 0 Å². The molecule has 1 heteroatoms. The van der Waals surface area contributed by atoms with Crippen molar-refractivity contribution in [2.75, 3.05) is 4.90 Å². The highest BCUT2D eigenvalue weighted by molar-refractivity contribution is 6.04. The van der Waals surface area contributed by atoms with E-state index < -0.39 is 0 Å². The Morgan fingerprint density at radius 2 is 0.580 bits per heavy atom. The van der Waals surface area contributed by atoms with E-state index in [0.29, 0.717) is 0 Å². The molecule has 69 heavy (non-hydrogen) atoms. The molecule has 0 N–H and O–H groups in total. The molecule has 0 bridgehead atoms. The van der Waals surface area contributed by atoms with Gasteiger partial charge in [0, 0.05) is 17.1 Å². The van der Waals surface area contributed by atoms with Gasteiger partial charge in [-0.25, -0.2) is 0 Å². The lowest BCUT2D eigenvalue weighted by molar-refractivity contribution is 1.28. The lowest BCUT2D eigenvalue weighted by Gasteiger charge is -2.26. The smallest absolute Gasteiger partial charge is 0.0462 e. The maximum absolute atomic E-state index is 2.37. The van der Waals surface area contributed by atoms with Gasteiger partial charge in [0.2, 0.25) is 0 Å². The number of fused-ring (bicyclic) bond motifs is 2. The van der Waals surface area contributed by atoms with Gasteiger partial charge in [-0.2, -0.15) is 0 Å². The second-order valence-corrected chi connectivity index (χ2v) is 17.7. The molecule has 324 valence electrons. The minimum absolute atomic E-state index is 1.08. The van der Waals surface area contributed by atoms with Crippen molar-refractivity contribution >= 4 is 38.6 Å². The van der Waals surface area contributed by atoms with Gasteiger partial charge >= 0.3 is 0 Å². The fraction of sp³-hybridized carbons (Fsp3) is 0. The summed E-state index contributed by atoms with van der Waals surface area (Å²) in [6.07, 6.45) is 0. The van der Waals surface area contributed by atoms with E-state index in [-0.39, 0.29) is 0 Å². The van der Waals surface area contributed by atoms with Crippen LogP contribution in [0.15, 0.2) is 285 Å². The third-order valence-corrected chi connectivity index (χ3v) is 13.5. The van der Waals surface area contributed by atoms with Crippen LogP contribution in [0.1, 0.15) is 0 Å². The summed E-state index contributed by atoms with van der Waals surface area (Å²) in [5, 5.41) is 4.99. The molecule has 0 radical (unpaired) electrons. The fourth-order valence-corrected chi connectivity index (χ4v) is 9.97. The van der Waals surface area contributed by atoms with Crippen LogP contribution in [0.3, 0.4) is 0 Å². The van der Waals surface area contributed by atoms with E-state index >= 15 is 0 Å². The molecule has 12 aromatic carbocycles. The zero-order valence-electron chi connectivity index (χ0n) is 38.1. The van der Waals surface area contributed by atoms with Crippen LogP contribution in [0.4, 0.5) is 17.1 Å². The molecule has 0 amide bonds. The van der Waals surface area contributed by atoms with Crippen molar-refractivity contribution in [3.05, 3.63) is 285 Å². The quantitative estimate of drug-likeness (QED) is 0.132. The highest BCUT2D eigenvalue weighted by Gasteiger charge is 2.17. The molecule has 0 aliphatic rings. The first-order valence-corrected chi connectivity index (χ1v) is 23.7. The zero-order chi connectivity index (χ0) is 45.9. The Bertz CT molecular complexity index is 3730. The summed E-state index contributed by atoms with van der Waals surface area (Å²) in [4.78, 5) is 2.37. The number of rotatable bonds is 10. The van der Waals surface area contributed by atoms with Gasteiger partial charge in [0.05, 0.1) is 0 Å². The van der Waals surface area contributed by atoms with Crippen LogP contribution in [-0.2, 0) is 0 Å².